The van der Waals surface area contributed by atoms with Gasteiger partial charge in [0.05, 0.1) is 13.7 Å². The number of esters is 1. The topological polar surface area (TPSA) is 72.9 Å². The summed E-state index contributed by atoms with van der Waals surface area (Å²) in [6, 6.07) is 1.11. The van der Waals surface area contributed by atoms with Crippen LogP contribution in [-0.4, -0.2) is 52.1 Å². The maximum absolute atomic E-state index is 12.7. The van der Waals surface area contributed by atoms with Crippen LogP contribution in [0.4, 0.5) is 0 Å². The molecule has 1 rings (SSSR count). The van der Waals surface area contributed by atoms with Gasteiger partial charge in [-0.2, -0.15) is 4.31 Å². The molecule has 0 fully saturated rings. The molecule has 0 unspecified atom stereocenters. The van der Waals surface area contributed by atoms with Gasteiger partial charge in [-0.05, 0) is 18.4 Å². The highest BCUT2D eigenvalue weighted by atomic mass is 32.2. The third-order valence-electron chi connectivity index (χ3n) is 2.80. The number of ether oxygens (including phenoxy) is 2. The maximum atomic E-state index is 12.7. The van der Waals surface area contributed by atoms with Crippen LogP contribution in [0.3, 0.4) is 0 Å². The average Bonchev–Trinajstić information content (AvgIpc) is 2.88. The molecule has 1 aromatic rings. The van der Waals surface area contributed by atoms with E-state index >= 15 is 0 Å². The van der Waals surface area contributed by atoms with Crippen molar-refractivity contribution in [1.82, 2.24) is 4.31 Å². The van der Waals surface area contributed by atoms with Crippen molar-refractivity contribution in [2.75, 3.05) is 27.4 Å². The maximum Gasteiger partial charge on any atom is 0.349 e. The molecule has 8 heteroatoms. The number of hydrogen-bond donors (Lipinski definition) is 0. The number of hydrogen-bond acceptors (Lipinski definition) is 6. The molecule has 114 valence electrons. The molecule has 0 N–H and O–H groups in total. The zero-order valence-electron chi connectivity index (χ0n) is 12.0. The Bertz CT molecular complexity index is 552. The summed E-state index contributed by atoms with van der Waals surface area (Å²) in [6.45, 7) is 4.08. The minimum Gasteiger partial charge on any atom is -0.465 e. The van der Waals surface area contributed by atoms with Gasteiger partial charge in [-0.3, -0.25) is 0 Å². The normalized spacial score (nSPS) is 13.4. The lowest BCUT2D eigenvalue weighted by molar-refractivity contribution is 0.0602. The van der Waals surface area contributed by atoms with Gasteiger partial charge >= 0.3 is 5.97 Å². The van der Waals surface area contributed by atoms with Crippen molar-refractivity contribution >= 4 is 27.3 Å². The first-order chi connectivity index (χ1) is 9.39. The Morgan fingerprint density at radius 2 is 2.10 bits per heavy atom. The van der Waals surface area contributed by atoms with Gasteiger partial charge in [-0.25, -0.2) is 13.2 Å². The molecule has 1 atom stereocenters. The Kier molecular flexibility index (Phi) is 6.12. The Morgan fingerprint density at radius 3 is 2.60 bits per heavy atom. The van der Waals surface area contributed by atoms with Crippen LogP contribution in [0.15, 0.2) is 16.3 Å². The monoisotopic (exact) mass is 321 g/mol. The van der Waals surface area contributed by atoms with Crippen LogP contribution < -0.4 is 0 Å². The third kappa shape index (κ3) is 3.38. The molecule has 0 saturated carbocycles. The fourth-order valence-corrected chi connectivity index (χ4v) is 4.85. The molecule has 1 aromatic heterocycles. The largest absolute Gasteiger partial charge is 0.465 e. The fraction of sp³-hybridized carbons (Fsp3) is 0.583. The second-order valence-corrected chi connectivity index (χ2v) is 6.89. The number of thiophene rings is 1. The molecule has 0 aliphatic carbocycles. The van der Waals surface area contributed by atoms with Crippen LogP contribution in [0.1, 0.15) is 23.5 Å². The van der Waals surface area contributed by atoms with E-state index in [0.29, 0.717) is 6.54 Å². The summed E-state index contributed by atoms with van der Waals surface area (Å²) in [6.07, 6.45) is 0. The highest BCUT2D eigenvalue weighted by molar-refractivity contribution is 7.89. The van der Waals surface area contributed by atoms with Crippen molar-refractivity contribution < 1.29 is 22.7 Å². The average molecular weight is 321 g/mol. The van der Waals surface area contributed by atoms with Crippen molar-refractivity contribution in [2.24, 2.45) is 0 Å². The second kappa shape index (κ2) is 7.16. The number of likely N-dealkylation sites (N-methyl/N-ethyl adjacent to an activating group) is 1. The molecule has 0 bridgehead atoms. The predicted octanol–water partition coefficient (Wildman–Crippen LogP) is 1.58. The van der Waals surface area contributed by atoms with E-state index in [4.69, 9.17) is 4.74 Å². The van der Waals surface area contributed by atoms with Gasteiger partial charge in [0.25, 0.3) is 0 Å². The zero-order valence-corrected chi connectivity index (χ0v) is 13.6. The van der Waals surface area contributed by atoms with Crippen LogP contribution in [0, 0.1) is 0 Å². The first-order valence-corrected chi connectivity index (χ1v) is 8.38. The zero-order chi connectivity index (χ0) is 15.3. The van der Waals surface area contributed by atoms with Gasteiger partial charge in [-0.15, -0.1) is 11.3 Å². The minimum absolute atomic E-state index is 0.0147. The quantitative estimate of drug-likeness (QED) is 0.713. The van der Waals surface area contributed by atoms with Gasteiger partial charge in [-0.1, -0.05) is 6.92 Å². The number of carbonyl (C=O) groups is 1. The lowest BCUT2D eigenvalue weighted by Gasteiger charge is -2.26. The smallest absolute Gasteiger partial charge is 0.349 e. The standard InChI is InChI=1S/C12H19NO5S2/c1-5-13(9(2)8-17-3)20(15,16)10-6-7-19-11(10)12(14)18-4/h6-7,9H,5,8H2,1-4H3/t9-/m0/s1. The van der Waals surface area contributed by atoms with Gasteiger partial charge in [0.15, 0.2) is 0 Å². The second-order valence-electron chi connectivity index (χ2n) is 4.12. The van der Waals surface area contributed by atoms with Crippen molar-refractivity contribution in [3.05, 3.63) is 16.3 Å². The van der Waals surface area contributed by atoms with Crippen molar-refractivity contribution in [3.63, 3.8) is 0 Å². The van der Waals surface area contributed by atoms with Crippen LogP contribution in [0.5, 0.6) is 0 Å². The van der Waals surface area contributed by atoms with Crippen LogP contribution in [0.25, 0.3) is 0 Å². The van der Waals surface area contributed by atoms with Crippen molar-refractivity contribution in [1.29, 1.82) is 0 Å². The molecule has 1 heterocycles. The van der Waals surface area contributed by atoms with Gasteiger partial charge in [0.2, 0.25) is 10.0 Å². The van der Waals surface area contributed by atoms with E-state index < -0.39 is 16.0 Å². The molecule has 0 saturated heterocycles. The van der Waals surface area contributed by atoms with E-state index in [9.17, 15) is 13.2 Å². The van der Waals surface area contributed by atoms with E-state index in [1.807, 2.05) is 0 Å². The number of carbonyl (C=O) groups excluding carboxylic acids is 1. The number of rotatable bonds is 7. The highest BCUT2D eigenvalue weighted by Gasteiger charge is 2.32. The molecule has 6 nitrogen and oxygen atoms in total. The summed E-state index contributed by atoms with van der Waals surface area (Å²) in [5.74, 6) is -0.644. The predicted molar refractivity (Wildman–Crippen MR) is 76.6 cm³/mol. The van der Waals surface area contributed by atoms with E-state index in [1.54, 1.807) is 19.2 Å². The summed E-state index contributed by atoms with van der Waals surface area (Å²) in [5, 5.41) is 1.56. The molecule has 0 amide bonds. The summed E-state index contributed by atoms with van der Waals surface area (Å²) in [5.41, 5.74) is 0. The lowest BCUT2D eigenvalue weighted by Crippen LogP contribution is -2.41. The Morgan fingerprint density at radius 1 is 1.45 bits per heavy atom. The Labute approximate surface area is 123 Å². The van der Waals surface area contributed by atoms with E-state index in [0.717, 1.165) is 11.3 Å². The Hall–Kier alpha value is -0.960. The molecule has 0 radical (unpaired) electrons. The number of nitrogens with zero attached hydrogens (tertiary/aromatic N) is 1. The van der Waals surface area contributed by atoms with Crippen LogP contribution in [-0.2, 0) is 19.5 Å². The van der Waals surface area contributed by atoms with Crippen molar-refractivity contribution in [2.45, 2.75) is 24.8 Å². The summed E-state index contributed by atoms with van der Waals surface area (Å²) in [7, 11) is -1.01. The molecular weight excluding hydrogens is 302 g/mol. The molecule has 0 spiro atoms. The number of methoxy groups -OCH3 is 2. The highest BCUT2D eigenvalue weighted by Crippen LogP contribution is 2.27. The van der Waals surface area contributed by atoms with Gasteiger partial charge in [0.1, 0.15) is 9.77 Å². The van der Waals surface area contributed by atoms with Gasteiger partial charge in [0, 0.05) is 19.7 Å². The van der Waals surface area contributed by atoms with Crippen LogP contribution in [0.2, 0.25) is 0 Å². The summed E-state index contributed by atoms with van der Waals surface area (Å²) < 4.78 is 36.2. The molecule has 0 aliphatic rings. The third-order valence-corrected chi connectivity index (χ3v) is 5.95. The number of sulfonamides is 1. The first kappa shape index (κ1) is 17.1. The van der Waals surface area contributed by atoms with E-state index in [-0.39, 0.29) is 22.4 Å². The fourth-order valence-electron chi connectivity index (χ4n) is 1.91. The van der Waals surface area contributed by atoms with Crippen LogP contribution >= 0.6 is 11.3 Å². The van der Waals surface area contributed by atoms with Crippen molar-refractivity contribution in [3.8, 4) is 0 Å². The molecular formula is C12H19NO5S2. The summed E-state index contributed by atoms with van der Waals surface area (Å²) in [4.78, 5) is 11.7. The minimum atomic E-state index is -3.75. The molecule has 20 heavy (non-hydrogen) atoms. The summed E-state index contributed by atoms with van der Waals surface area (Å²) >= 11 is 1.05. The van der Waals surface area contributed by atoms with Gasteiger partial charge < -0.3 is 9.47 Å². The van der Waals surface area contributed by atoms with E-state index in [2.05, 4.69) is 4.74 Å². The SMILES string of the molecule is CCN([C@@H](C)COC)S(=O)(=O)c1ccsc1C(=O)OC. The lowest BCUT2D eigenvalue weighted by atomic mass is 10.4. The first-order valence-electron chi connectivity index (χ1n) is 6.06. The molecule has 0 aromatic carbocycles. The van der Waals surface area contributed by atoms with E-state index in [1.165, 1.54) is 24.6 Å². The molecule has 0 aliphatic heterocycles. The Balaban J connectivity index is 3.21.